The van der Waals surface area contributed by atoms with Gasteiger partial charge in [0.1, 0.15) is 10.7 Å². The van der Waals surface area contributed by atoms with Gasteiger partial charge < -0.3 is 10.6 Å². The number of thiophene rings is 1. The molecule has 0 saturated carbocycles. The molecule has 0 radical (unpaired) electrons. The third-order valence-electron chi connectivity index (χ3n) is 3.48. The second kappa shape index (κ2) is 6.56. The maximum absolute atomic E-state index is 12.3. The third-order valence-corrected chi connectivity index (χ3v) is 6.11. The average Bonchev–Trinajstić information content (AvgIpc) is 3.07. The lowest BCUT2D eigenvalue weighted by molar-refractivity contribution is 0.0921. The number of thiazole rings is 1. The van der Waals surface area contributed by atoms with Crippen LogP contribution in [0.3, 0.4) is 0 Å². The number of hydrogen-bond donors (Lipinski definition) is 2. The highest BCUT2D eigenvalue weighted by Crippen LogP contribution is 2.33. The van der Waals surface area contributed by atoms with Crippen LogP contribution in [0.5, 0.6) is 0 Å². The molecule has 4 nitrogen and oxygen atoms in total. The minimum atomic E-state index is -0.0628. The molecule has 7 heteroatoms. The van der Waals surface area contributed by atoms with E-state index >= 15 is 0 Å². The molecule has 3 rings (SSSR count). The summed E-state index contributed by atoms with van der Waals surface area (Å²) in [4.78, 5) is 17.8. The monoisotopic (exact) mass is 385 g/mol. The zero-order valence-electron chi connectivity index (χ0n) is 11.6. The van der Waals surface area contributed by atoms with Crippen molar-refractivity contribution >= 4 is 44.5 Å². The van der Waals surface area contributed by atoms with Crippen LogP contribution >= 0.6 is 38.6 Å². The first kappa shape index (κ1) is 15.1. The Morgan fingerprint density at radius 2 is 2.38 bits per heavy atom. The number of nitrogens with zero attached hydrogens (tertiary/aromatic N) is 1. The van der Waals surface area contributed by atoms with E-state index in [1.807, 2.05) is 17.5 Å². The topological polar surface area (TPSA) is 54.0 Å². The maximum Gasteiger partial charge on any atom is 0.270 e. The van der Waals surface area contributed by atoms with Crippen LogP contribution in [0, 0.1) is 0 Å². The van der Waals surface area contributed by atoms with Gasteiger partial charge in [-0.2, -0.15) is 0 Å². The first-order chi connectivity index (χ1) is 10.1. The van der Waals surface area contributed by atoms with E-state index in [1.165, 1.54) is 11.3 Å². The van der Waals surface area contributed by atoms with Crippen molar-refractivity contribution in [2.24, 2.45) is 0 Å². The van der Waals surface area contributed by atoms with Crippen molar-refractivity contribution in [3.8, 4) is 9.88 Å². The molecule has 2 unspecified atom stereocenters. The predicted octanol–water partition coefficient (Wildman–Crippen LogP) is 3.50. The molecule has 0 aromatic carbocycles. The van der Waals surface area contributed by atoms with E-state index in [4.69, 9.17) is 0 Å². The van der Waals surface area contributed by atoms with E-state index in [9.17, 15) is 4.79 Å². The Kier molecular flexibility index (Phi) is 4.73. The summed E-state index contributed by atoms with van der Waals surface area (Å²) < 4.78 is 1.07. The second-order valence-corrected chi connectivity index (χ2v) is 8.51. The Labute approximate surface area is 140 Å². The molecular formula is C14H16BrN3OS2. The van der Waals surface area contributed by atoms with Gasteiger partial charge in [-0.05, 0) is 54.4 Å². The first-order valence-corrected chi connectivity index (χ1v) is 9.36. The van der Waals surface area contributed by atoms with Crippen LogP contribution in [0.2, 0.25) is 0 Å². The van der Waals surface area contributed by atoms with E-state index in [2.05, 4.69) is 38.5 Å². The normalized spacial score (nSPS) is 22.2. The molecule has 0 bridgehead atoms. The number of nitrogens with one attached hydrogen (secondary N) is 2. The maximum atomic E-state index is 12.3. The SMILES string of the molecule is CC1CC(NC(=O)c2csc(-c3ccc(Br)s3)n2)CCN1. The van der Waals surface area contributed by atoms with Crippen molar-refractivity contribution in [2.75, 3.05) is 6.54 Å². The van der Waals surface area contributed by atoms with Crippen LogP contribution in [0.4, 0.5) is 0 Å². The highest BCUT2D eigenvalue weighted by atomic mass is 79.9. The highest BCUT2D eigenvalue weighted by Gasteiger charge is 2.21. The van der Waals surface area contributed by atoms with Crippen LogP contribution in [0.1, 0.15) is 30.3 Å². The van der Waals surface area contributed by atoms with Crippen molar-refractivity contribution < 1.29 is 4.79 Å². The van der Waals surface area contributed by atoms with Crippen molar-refractivity contribution in [1.29, 1.82) is 0 Å². The Hall–Kier alpha value is -0.760. The van der Waals surface area contributed by atoms with Crippen molar-refractivity contribution in [3.05, 3.63) is 27.0 Å². The zero-order chi connectivity index (χ0) is 14.8. The van der Waals surface area contributed by atoms with Crippen molar-refractivity contribution in [2.45, 2.75) is 31.8 Å². The van der Waals surface area contributed by atoms with E-state index in [0.29, 0.717) is 11.7 Å². The molecule has 1 saturated heterocycles. The molecule has 21 heavy (non-hydrogen) atoms. The summed E-state index contributed by atoms with van der Waals surface area (Å²) in [6.45, 7) is 3.10. The second-order valence-electron chi connectivity index (χ2n) is 5.19. The molecule has 0 spiro atoms. The summed E-state index contributed by atoms with van der Waals surface area (Å²) in [5.41, 5.74) is 0.519. The van der Waals surface area contributed by atoms with Gasteiger partial charge in [0.05, 0.1) is 8.66 Å². The molecule has 1 aliphatic rings. The summed E-state index contributed by atoms with van der Waals surface area (Å²) in [6.07, 6.45) is 1.95. The van der Waals surface area contributed by atoms with Gasteiger partial charge in [0.25, 0.3) is 5.91 Å². The third kappa shape index (κ3) is 3.71. The van der Waals surface area contributed by atoms with Crippen LogP contribution < -0.4 is 10.6 Å². The molecule has 2 N–H and O–H groups in total. The summed E-state index contributed by atoms with van der Waals surface area (Å²) in [7, 11) is 0. The summed E-state index contributed by atoms with van der Waals surface area (Å²) >= 11 is 6.59. The number of piperidine rings is 1. The summed E-state index contributed by atoms with van der Waals surface area (Å²) in [5, 5.41) is 9.21. The number of hydrogen-bond acceptors (Lipinski definition) is 5. The van der Waals surface area contributed by atoms with Crippen LogP contribution in [0.25, 0.3) is 9.88 Å². The standard InChI is InChI=1S/C14H16BrN3OS2/c1-8-6-9(4-5-16-8)17-13(19)10-7-20-14(18-10)11-2-3-12(15)21-11/h2-3,7-9,16H,4-6H2,1H3,(H,17,19). The van der Waals surface area contributed by atoms with E-state index < -0.39 is 0 Å². The number of amides is 1. The molecule has 1 amide bonds. The molecule has 2 atom stereocenters. The molecule has 1 fully saturated rings. The van der Waals surface area contributed by atoms with E-state index in [-0.39, 0.29) is 11.9 Å². The Morgan fingerprint density at radius 1 is 1.52 bits per heavy atom. The molecule has 1 aliphatic heterocycles. The minimum absolute atomic E-state index is 0.0628. The van der Waals surface area contributed by atoms with Crippen molar-refractivity contribution in [1.82, 2.24) is 15.6 Å². The molecule has 112 valence electrons. The largest absolute Gasteiger partial charge is 0.348 e. The number of aromatic nitrogens is 1. The lowest BCUT2D eigenvalue weighted by atomic mass is 10.0. The van der Waals surface area contributed by atoms with Gasteiger partial charge in [0.2, 0.25) is 0 Å². The Bertz CT molecular complexity index is 640. The van der Waals surface area contributed by atoms with Crippen LogP contribution in [-0.4, -0.2) is 29.5 Å². The fraction of sp³-hybridized carbons (Fsp3) is 0.429. The van der Waals surface area contributed by atoms with Gasteiger partial charge in [0.15, 0.2) is 0 Å². The van der Waals surface area contributed by atoms with Gasteiger partial charge in [0, 0.05) is 17.5 Å². The lowest BCUT2D eigenvalue weighted by Crippen LogP contribution is -2.46. The predicted molar refractivity (Wildman–Crippen MR) is 91.1 cm³/mol. The van der Waals surface area contributed by atoms with E-state index in [1.54, 1.807) is 11.3 Å². The molecular weight excluding hydrogens is 370 g/mol. The number of rotatable bonds is 3. The highest BCUT2D eigenvalue weighted by molar-refractivity contribution is 9.11. The Morgan fingerprint density at radius 3 is 3.10 bits per heavy atom. The average molecular weight is 386 g/mol. The fourth-order valence-electron chi connectivity index (χ4n) is 2.44. The first-order valence-electron chi connectivity index (χ1n) is 6.87. The molecule has 0 aliphatic carbocycles. The van der Waals surface area contributed by atoms with Crippen LogP contribution in [-0.2, 0) is 0 Å². The van der Waals surface area contributed by atoms with Crippen molar-refractivity contribution in [3.63, 3.8) is 0 Å². The number of carbonyl (C=O) groups excluding carboxylic acids is 1. The fourth-order valence-corrected chi connectivity index (χ4v) is 4.70. The van der Waals surface area contributed by atoms with Gasteiger partial charge in [-0.25, -0.2) is 4.98 Å². The van der Waals surface area contributed by atoms with Crippen LogP contribution in [0.15, 0.2) is 21.3 Å². The lowest BCUT2D eigenvalue weighted by Gasteiger charge is -2.28. The molecule has 2 aromatic heterocycles. The smallest absolute Gasteiger partial charge is 0.270 e. The minimum Gasteiger partial charge on any atom is -0.348 e. The summed E-state index contributed by atoms with van der Waals surface area (Å²) in [5.74, 6) is -0.0628. The van der Waals surface area contributed by atoms with Gasteiger partial charge >= 0.3 is 0 Å². The zero-order valence-corrected chi connectivity index (χ0v) is 14.8. The summed E-state index contributed by atoms with van der Waals surface area (Å²) in [6, 6.07) is 4.72. The number of carbonyl (C=O) groups is 1. The number of halogens is 1. The molecule has 2 aromatic rings. The van der Waals surface area contributed by atoms with Gasteiger partial charge in [-0.3, -0.25) is 4.79 Å². The quantitative estimate of drug-likeness (QED) is 0.849. The van der Waals surface area contributed by atoms with Gasteiger partial charge in [-0.1, -0.05) is 0 Å². The van der Waals surface area contributed by atoms with E-state index in [0.717, 1.165) is 33.1 Å². The Balaban J connectivity index is 1.66. The molecule has 3 heterocycles. The van der Waals surface area contributed by atoms with Gasteiger partial charge in [-0.15, -0.1) is 22.7 Å².